The third-order valence-corrected chi connectivity index (χ3v) is 7.70. The second kappa shape index (κ2) is 13.7. The first-order valence-corrected chi connectivity index (χ1v) is 14.7. The van der Waals surface area contributed by atoms with Crippen LogP contribution in [0.15, 0.2) is 63.0 Å². The molecule has 0 radical (unpaired) electrons. The molecule has 0 atom stereocenters. The van der Waals surface area contributed by atoms with Crippen LogP contribution in [-0.4, -0.2) is 36.5 Å². The van der Waals surface area contributed by atoms with Gasteiger partial charge in [-0.1, -0.05) is 42.3 Å². The van der Waals surface area contributed by atoms with Crippen molar-refractivity contribution in [2.45, 2.75) is 26.5 Å². The number of hydrogen-bond acceptors (Lipinski definition) is 6. The van der Waals surface area contributed by atoms with Gasteiger partial charge in [-0.15, -0.1) is 0 Å². The van der Waals surface area contributed by atoms with E-state index in [1.807, 2.05) is 6.92 Å². The Morgan fingerprint density at radius 3 is 2.34 bits per heavy atom. The van der Waals surface area contributed by atoms with Crippen LogP contribution in [-0.2, 0) is 22.7 Å². The highest BCUT2D eigenvalue weighted by atomic mass is 79.9. The van der Waals surface area contributed by atoms with Gasteiger partial charge in [-0.05, 0) is 91.9 Å². The van der Waals surface area contributed by atoms with Crippen LogP contribution in [0.1, 0.15) is 30.0 Å². The van der Waals surface area contributed by atoms with Gasteiger partial charge in [0.1, 0.15) is 17.9 Å². The fourth-order valence-electron chi connectivity index (χ4n) is 3.92. The molecular weight excluding hydrogens is 703 g/mol. The molecule has 3 aromatic carbocycles. The molecule has 4 amide bonds. The van der Waals surface area contributed by atoms with Gasteiger partial charge in [-0.25, -0.2) is 4.79 Å². The Kier molecular flexibility index (Phi) is 10.4. The lowest BCUT2D eigenvalue weighted by Gasteiger charge is -2.26. The van der Waals surface area contributed by atoms with Crippen LogP contribution in [0.4, 0.5) is 4.79 Å². The highest BCUT2D eigenvalue weighted by molar-refractivity contribution is 9.11. The van der Waals surface area contributed by atoms with Crippen LogP contribution < -0.4 is 19.5 Å². The van der Waals surface area contributed by atoms with Crippen molar-refractivity contribution in [2.24, 2.45) is 0 Å². The molecule has 41 heavy (non-hydrogen) atoms. The SMILES string of the molecule is CCCOc1ccc(CN2C(=O)NC(=O)/C(=C\c3cc(Br)c(OCc4ccc(Cl)cc4Cl)c(Br)c3)C2=O)cc1OC. The van der Waals surface area contributed by atoms with Gasteiger partial charge in [0, 0.05) is 15.6 Å². The molecule has 0 bridgehead atoms. The van der Waals surface area contributed by atoms with E-state index < -0.39 is 17.8 Å². The van der Waals surface area contributed by atoms with E-state index in [1.54, 1.807) is 48.5 Å². The van der Waals surface area contributed by atoms with Gasteiger partial charge in [0.2, 0.25) is 0 Å². The topological polar surface area (TPSA) is 94.2 Å². The number of methoxy groups -OCH3 is 1. The summed E-state index contributed by atoms with van der Waals surface area (Å²) in [7, 11) is 1.51. The van der Waals surface area contributed by atoms with Gasteiger partial charge in [-0.3, -0.25) is 19.8 Å². The lowest BCUT2D eigenvalue weighted by atomic mass is 10.1. The lowest BCUT2D eigenvalue weighted by Crippen LogP contribution is -2.53. The molecule has 1 fully saturated rings. The molecule has 1 heterocycles. The molecule has 1 aliphatic heterocycles. The third-order valence-electron chi connectivity index (χ3n) is 5.93. The molecule has 0 aliphatic carbocycles. The minimum Gasteiger partial charge on any atom is -0.493 e. The molecule has 214 valence electrons. The average molecular weight is 727 g/mol. The summed E-state index contributed by atoms with van der Waals surface area (Å²) in [5.41, 5.74) is 1.69. The van der Waals surface area contributed by atoms with E-state index >= 15 is 0 Å². The van der Waals surface area contributed by atoms with Crippen LogP contribution in [0.25, 0.3) is 6.08 Å². The Morgan fingerprint density at radius 2 is 1.68 bits per heavy atom. The molecule has 8 nitrogen and oxygen atoms in total. The van der Waals surface area contributed by atoms with E-state index in [1.165, 1.54) is 13.2 Å². The van der Waals surface area contributed by atoms with Gasteiger partial charge >= 0.3 is 6.03 Å². The molecule has 0 spiro atoms. The Hall–Kier alpha value is -3.05. The number of carbonyl (C=O) groups excluding carboxylic acids is 3. The third kappa shape index (κ3) is 7.43. The van der Waals surface area contributed by atoms with Crippen LogP contribution in [0, 0.1) is 0 Å². The van der Waals surface area contributed by atoms with E-state index in [4.69, 9.17) is 37.4 Å². The molecule has 12 heteroatoms. The van der Waals surface area contributed by atoms with Crippen LogP contribution in [0.5, 0.6) is 17.2 Å². The van der Waals surface area contributed by atoms with Crippen molar-refractivity contribution in [3.63, 3.8) is 0 Å². The van der Waals surface area contributed by atoms with Crippen molar-refractivity contribution in [2.75, 3.05) is 13.7 Å². The van der Waals surface area contributed by atoms with Crippen molar-refractivity contribution in [1.29, 1.82) is 0 Å². The quantitative estimate of drug-likeness (QED) is 0.171. The zero-order valence-electron chi connectivity index (χ0n) is 21.9. The number of barbiturate groups is 1. The summed E-state index contributed by atoms with van der Waals surface area (Å²) in [6, 6.07) is 12.8. The summed E-state index contributed by atoms with van der Waals surface area (Å²) in [4.78, 5) is 39.6. The van der Waals surface area contributed by atoms with Gasteiger partial charge < -0.3 is 14.2 Å². The number of hydrogen-bond donors (Lipinski definition) is 1. The van der Waals surface area contributed by atoms with Gasteiger partial charge in [0.25, 0.3) is 11.8 Å². The van der Waals surface area contributed by atoms with Crippen molar-refractivity contribution < 1.29 is 28.6 Å². The zero-order chi connectivity index (χ0) is 29.7. The van der Waals surface area contributed by atoms with E-state index in [0.29, 0.717) is 54.0 Å². The normalized spacial score (nSPS) is 14.3. The molecule has 1 aliphatic rings. The molecule has 1 saturated heterocycles. The van der Waals surface area contributed by atoms with E-state index in [0.717, 1.165) is 16.9 Å². The first kappa shape index (κ1) is 30.9. The first-order chi connectivity index (χ1) is 19.6. The zero-order valence-corrected chi connectivity index (χ0v) is 26.6. The molecular formula is C29H24Br2Cl2N2O6. The summed E-state index contributed by atoms with van der Waals surface area (Å²) >= 11 is 19.2. The fraction of sp³-hybridized carbons (Fsp3) is 0.207. The molecule has 0 saturated carbocycles. The van der Waals surface area contributed by atoms with Gasteiger partial charge in [0.05, 0.1) is 29.2 Å². The number of imide groups is 2. The number of rotatable bonds is 10. The summed E-state index contributed by atoms with van der Waals surface area (Å²) in [6.07, 6.45) is 2.24. The Bertz CT molecular complexity index is 1520. The average Bonchev–Trinajstić information content (AvgIpc) is 2.93. The number of carbonyl (C=O) groups is 3. The first-order valence-electron chi connectivity index (χ1n) is 12.4. The summed E-state index contributed by atoms with van der Waals surface area (Å²) < 4.78 is 18.2. The lowest BCUT2D eigenvalue weighted by molar-refractivity contribution is -0.130. The minimum atomic E-state index is -0.811. The number of nitrogens with one attached hydrogen (secondary N) is 1. The second-order valence-corrected chi connectivity index (χ2v) is 11.4. The maximum atomic E-state index is 13.3. The van der Waals surface area contributed by atoms with Crippen LogP contribution in [0.2, 0.25) is 10.0 Å². The number of benzene rings is 3. The van der Waals surface area contributed by atoms with Crippen LogP contribution in [0.3, 0.4) is 0 Å². The van der Waals surface area contributed by atoms with E-state index in [9.17, 15) is 14.4 Å². The van der Waals surface area contributed by atoms with E-state index in [2.05, 4.69) is 37.2 Å². The largest absolute Gasteiger partial charge is 0.493 e. The summed E-state index contributed by atoms with van der Waals surface area (Å²) in [6.45, 7) is 2.62. The predicted molar refractivity (Wildman–Crippen MR) is 163 cm³/mol. The van der Waals surface area contributed by atoms with Gasteiger partial charge in [0.15, 0.2) is 11.5 Å². The molecule has 4 rings (SSSR count). The number of halogens is 4. The number of urea groups is 1. The van der Waals surface area contributed by atoms with Crippen molar-refractivity contribution in [3.05, 3.63) is 89.8 Å². The molecule has 3 aromatic rings. The molecule has 0 aromatic heterocycles. The predicted octanol–water partition coefficient (Wildman–Crippen LogP) is 7.56. The maximum absolute atomic E-state index is 13.3. The monoisotopic (exact) mass is 724 g/mol. The van der Waals surface area contributed by atoms with Crippen molar-refractivity contribution >= 4 is 79.0 Å². The van der Waals surface area contributed by atoms with Crippen LogP contribution >= 0.6 is 55.1 Å². The second-order valence-electron chi connectivity index (χ2n) is 8.88. The van der Waals surface area contributed by atoms with Crippen molar-refractivity contribution in [3.8, 4) is 17.2 Å². The highest BCUT2D eigenvalue weighted by Gasteiger charge is 2.36. The Morgan fingerprint density at radius 1 is 0.951 bits per heavy atom. The maximum Gasteiger partial charge on any atom is 0.331 e. The molecule has 1 N–H and O–H groups in total. The summed E-state index contributed by atoms with van der Waals surface area (Å²) in [5, 5.41) is 3.24. The minimum absolute atomic E-state index is 0.0763. The number of nitrogens with zero attached hydrogens (tertiary/aromatic N) is 1. The Labute approximate surface area is 263 Å². The van der Waals surface area contributed by atoms with Crippen molar-refractivity contribution in [1.82, 2.24) is 10.2 Å². The van der Waals surface area contributed by atoms with Gasteiger partial charge in [-0.2, -0.15) is 0 Å². The summed E-state index contributed by atoms with van der Waals surface area (Å²) in [5.74, 6) is 0.0110. The smallest absolute Gasteiger partial charge is 0.331 e. The highest BCUT2D eigenvalue weighted by Crippen LogP contribution is 2.37. The number of amides is 4. The number of ether oxygens (including phenoxy) is 3. The standard InChI is InChI=1S/C29H24Br2Cl2N2O6/c1-3-8-40-24-7-4-16(12-25(24)39-2)14-35-28(37)20(27(36)34-29(35)38)9-17-10-21(30)26(22(31)11-17)41-15-18-5-6-19(32)13-23(18)33/h4-7,9-13H,3,8,14-15H2,1-2H3,(H,34,36,38)/b20-9+. The fourth-order valence-corrected chi connectivity index (χ4v) is 5.83. The van der Waals surface area contributed by atoms with E-state index in [-0.39, 0.29) is 18.7 Å². The Balaban J connectivity index is 1.54. The molecule has 0 unspecified atom stereocenters.